The first-order chi connectivity index (χ1) is 10.7. The van der Waals surface area contributed by atoms with Crippen LogP contribution >= 0.6 is 15.9 Å². The summed E-state index contributed by atoms with van der Waals surface area (Å²) in [5, 5.41) is 0. The van der Waals surface area contributed by atoms with Crippen LogP contribution < -0.4 is 0 Å². The predicted molar refractivity (Wildman–Crippen MR) is 88.7 cm³/mol. The number of hydrogen-bond donors (Lipinski definition) is 0. The molecule has 1 heterocycles. The number of hydrogen-bond acceptors (Lipinski definition) is 4. The fraction of sp³-hybridized carbons (Fsp3) is 0.125. The highest BCUT2D eigenvalue weighted by molar-refractivity contribution is 9.10. The van der Waals surface area contributed by atoms with Gasteiger partial charge < -0.3 is 9.69 Å². The van der Waals surface area contributed by atoms with Crippen LogP contribution in [0.2, 0.25) is 0 Å². The first kappa shape index (κ1) is 16.0. The van der Waals surface area contributed by atoms with Gasteiger partial charge in [-0.15, -0.1) is 0 Å². The van der Waals surface area contributed by atoms with Crippen LogP contribution in [0.4, 0.5) is 5.69 Å². The van der Waals surface area contributed by atoms with Crippen LogP contribution in [0, 0.1) is 0 Å². The average Bonchev–Trinajstić information content (AvgIpc) is 2.54. The number of pyridine rings is 1. The SMILES string of the molecule is CN(CC=O)C(=Nc1ccc(Br)nc1C=O)c1ccccc1. The van der Waals surface area contributed by atoms with Crippen molar-refractivity contribution in [3.63, 3.8) is 0 Å². The van der Waals surface area contributed by atoms with Crippen molar-refractivity contribution in [1.29, 1.82) is 0 Å². The second-order valence-electron chi connectivity index (χ2n) is 4.50. The van der Waals surface area contributed by atoms with Gasteiger partial charge in [-0.1, -0.05) is 30.3 Å². The summed E-state index contributed by atoms with van der Waals surface area (Å²) >= 11 is 3.23. The van der Waals surface area contributed by atoms with Crippen LogP contribution in [0.1, 0.15) is 16.1 Å². The Morgan fingerprint density at radius 3 is 2.59 bits per heavy atom. The molecule has 0 aliphatic carbocycles. The summed E-state index contributed by atoms with van der Waals surface area (Å²) in [6.07, 6.45) is 1.46. The molecule has 0 spiro atoms. The monoisotopic (exact) mass is 359 g/mol. The minimum Gasteiger partial charge on any atom is -0.352 e. The van der Waals surface area contributed by atoms with Crippen LogP contribution in [0.25, 0.3) is 0 Å². The Hall–Kier alpha value is -2.34. The van der Waals surface area contributed by atoms with E-state index in [-0.39, 0.29) is 12.2 Å². The molecular formula is C16H14BrN3O2. The van der Waals surface area contributed by atoms with E-state index in [9.17, 15) is 9.59 Å². The van der Waals surface area contributed by atoms with Crippen LogP contribution in [0.3, 0.4) is 0 Å². The summed E-state index contributed by atoms with van der Waals surface area (Å²) in [5.74, 6) is 0.597. The third kappa shape index (κ3) is 3.85. The van der Waals surface area contributed by atoms with Crippen molar-refractivity contribution in [2.45, 2.75) is 0 Å². The Balaban J connectivity index is 2.53. The van der Waals surface area contributed by atoms with E-state index >= 15 is 0 Å². The van der Waals surface area contributed by atoms with E-state index in [0.717, 1.165) is 11.8 Å². The molecule has 1 aromatic heterocycles. The number of carbonyl (C=O) groups excluding carboxylic acids is 2. The normalized spacial score (nSPS) is 11.1. The molecule has 6 heteroatoms. The van der Waals surface area contributed by atoms with Crippen LogP contribution in [0.5, 0.6) is 0 Å². The minimum absolute atomic E-state index is 0.202. The summed E-state index contributed by atoms with van der Waals surface area (Å²) in [6, 6.07) is 12.9. The lowest BCUT2D eigenvalue weighted by atomic mass is 10.2. The van der Waals surface area contributed by atoms with E-state index in [4.69, 9.17) is 0 Å². The first-order valence-electron chi connectivity index (χ1n) is 6.56. The van der Waals surface area contributed by atoms with Gasteiger partial charge in [-0.3, -0.25) is 4.79 Å². The lowest BCUT2D eigenvalue weighted by Crippen LogP contribution is -2.29. The Kier molecular flexibility index (Phi) is 5.55. The van der Waals surface area contributed by atoms with Gasteiger partial charge in [0.2, 0.25) is 0 Å². The van der Waals surface area contributed by atoms with E-state index in [0.29, 0.717) is 22.4 Å². The van der Waals surface area contributed by atoms with Gasteiger partial charge in [-0.25, -0.2) is 9.98 Å². The molecule has 0 saturated carbocycles. The number of nitrogens with zero attached hydrogens (tertiary/aromatic N) is 3. The van der Waals surface area contributed by atoms with Crippen molar-refractivity contribution < 1.29 is 9.59 Å². The van der Waals surface area contributed by atoms with Gasteiger partial charge in [0.15, 0.2) is 6.29 Å². The average molecular weight is 360 g/mol. The summed E-state index contributed by atoms with van der Waals surface area (Å²) < 4.78 is 0.566. The lowest BCUT2D eigenvalue weighted by molar-refractivity contribution is -0.108. The zero-order valence-corrected chi connectivity index (χ0v) is 13.5. The largest absolute Gasteiger partial charge is 0.352 e. The van der Waals surface area contributed by atoms with Crippen molar-refractivity contribution in [2.75, 3.05) is 13.6 Å². The van der Waals surface area contributed by atoms with Crippen molar-refractivity contribution in [2.24, 2.45) is 4.99 Å². The number of amidine groups is 1. The van der Waals surface area contributed by atoms with Gasteiger partial charge in [0.25, 0.3) is 0 Å². The Morgan fingerprint density at radius 2 is 1.95 bits per heavy atom. The predicted octanol–water partition coefficient (Wildman–Crippen LogP) is 2.87. The Morgan fingerprint density at radius 1 is 1.23 bits per heavy atom. The number of carbonyl (C=O) groups is 2. The second kappa shape index (κ2) is 7.61. The maximum atomic E-state index is 11.2. The minimum atomic E-state index is 0.202. The maximum Gasteiger partial charge on any atom is 0.170 e. The molecule has 0 bridgehead atoms. The fourth-order valence-corrected chi connectivity index (χ4v) is 2.22. The smallest absolute Gasteiger partial charge is 0.170 e. The van der Waals surface area contributed by atoms with Crippen molar-refractivity contribution >= 4 is 40.0 Å². The van der Waals surface area contributed by atoms with Crippen molar-refractivity contribution in [3.05, 3.63) is 58.3 Å². The highest BCUT2D eigenvalue weighted by Crippen LogP contribution is 2.20. The summed E-state index contributed by atoms with van der Waals surface area (Å²) in [6.45, 7) is 0.202. The molecule has 5 nitrogen and oxygen atoms in total. The molecular weight excluding hydrogens is 346 g/mol. The van der Waals surface area contributed by atoms with Crippen LogP contribution in [0.15, 0.2) is 52.1 Å². The van der Waals surface area contributed by atoms with E-state index in [1.54, 1.807) is 24.1 Å². The quantitative estimate of drug-likeness (QED) is 0.356. The molecule has 0 radical (unpaired) electrons. The van der Waals surface area contributed by atoms with Crippen LogP contribution in [-0.2, 0) is 4.79 Å². The maximum absolute atomic E-state index is 11.2. The number of benzene rings is 1. The number of rotatable bonds is 5. The van der Waals surface area contributed by atoms with Crippen LogP contribution in [-0.4, -0.2) is 41.9 Å². The molecule has 0 fully saturated rings. The molecule has 0 aliphatic heterocycles. The van der Waals surface area contributed by atoms with Gasteiger partial charge >= 0.3 is 0 Å². The van der Waals surface area contributed by atoms with Gasteiger partial charge in [-0.2, -0.15) is 0 Å². The fourth-order valence-electron chi connectivity index (χ4n) is 1.89. The van der Waals surface area contributed by atoms with Gasteiger partial charge in [0.1, 0.15) is 22.4 Å². The Labute approximate surface area is 136 Å². The van der Waals surface area contributed by atoms with Crippen molar-refractivity contribution in [3.8, 4) is 0 Å². The van der Waals surface area contributed by atoms with E-state index in [2.05, 4.69) is 25.9 Å². The van der Waals surface area contributed by atoms with Gasteiger partial charge in [0, 0.05) is 12.6 Å². The molecule has 2 rings (SSSR count). The number of aliphatic imine (C=N–C) groups is 1. The van der Waals surface area contributed by atoms with E-state index in [1.807, 2.05) is 30.3 Å². The molecule has 2 aromatic rings. The lowest BCUT2D eigenvalue weighted by Gasteiger charge is -2.19. The highest BCUT2D eigenvalue weighted by atomic mass is 79.9. The molecule has 0 N–H and O–H groups in total. The standard InChI is InChI=1S/C16H14BrN3O2/c1-20(9-10-21)16(12-5-3-2-4-6-12)19-13-7-8-15(17)18-14(13)11-22/h2-8,10-11H,9H2,1H3. The van der Waals surface area contributed by atoms with Crippen molar-refractivity contribution in [1.82, 2.24) is 9.88 Å². The molecule has 22 heavy (non-hydrogen) atoms. The zero-order valence-electron chi connectivity index (χ0n) is 11.9. The summed E-state index contributed by atoms with van der Waals surface area (Å²) in [5.41, 5.74) is 1.55. The molecule has 1 aromatic carbocycles. The third-order valence-corrected chi connectivity index (χ3v) is 3.39. The van der Waals surface area contributed by atoms with Gasteiger partial charge in [-0.05, 0) is 28.1 Å². The summed E-state index contributed by atoms with van der Waals surface area (Å²) in [4.78, 5) is 32.3. The zero-order chi connectivity index (χ0) is 15.9. The number of aldehydes is 2. The molecule has 0 aliphatic rings. The van der Waals surface area contributed by atoms with Gasteiger partial charge in [0.05, 0.1) is 12.2 Å². The van der Waals surface area contributed by atoms with E-state index in [1.165, 1.54) is 0 Å². The molecule has 0 unspecified atom stereocenters. The number of halogens is 1. The molecule has 0 atom stereocenters. The Bertz CT molecular complexity index is 702. The topological polar surface area (TPSA) is 62.6 Å². The first-order valence-corrected chi connectivity index (χ1v) is 7.35. The third-order valence-electron chi connectivity index (χ3n) is 2.95. The van der Waals surface area contributed by atoms with E-state index < -0.39 is 0 Å². The molecule has 112 valence electrons. The number of aromatic nitrogens is 1. The number of likely N-dealkylation sites (N-methyl/N-ethyl adjacent to an activating group) is 1. The molecule has 0 saturated heterocycles. The second-order valence-corrected chi connectivity index (χ2v) is 5.32. The summed E-state index contributed by atoms with van der Waals surface area (Å²) in [7, 11) is 1.77. The molecule has 0 amide bonds. The highest BCUT2D eigenvalue weighted by Gasteiger charge is 2.11.